The zero-order valence-electron chi connectivity index (χ0n) is 5.64. The molecule has 60 valence electrons. The summed E-state index contributed by atoms with van der Waals surface area (Å²) < 4.78 is 0. The second-order valence-electron chi connectivity index (χ2n) is 1.67. The summed E-state index contributed by atoms with van der Waals surface area (Å²) in [5, 5.41) is 8.38. The van der Waals surface area contributed by atoms with Crippen molar-refractivity contribution in [3.63, 3.8) is 0 Å². The third-order valence-corrected chi connectivity index (χ3v) is 1.02. The minimum Gasteiger partial charge on any atom is -0.478 e. The quantitative estimate of drug-likeness (QED) is 0.466. The monoisotopic (exact) mass is 188 g/mol. The Kier molecular flexibility index (Phi) is 5.78. The van der Waals surface area contributed by atoms with Gasteiger partial charge in [0.05, 0.1) is 5.56 Å². The van der Waals surface area contributed by atoms with Crippen LogP contribution in [0.4, 0.5) is 0 Å². The van der Waals surface area contributed by atoms with Crippen molar-refractivity contribution in [2.45, 2.75) is 0 Å². The van der Waals surface area contributed by atoms with Crippen LogP contribution in [0.2, 0.25) is 0 Å². The molecule has 1 aromatic carbocycles. The Hall–Kier alpha value is -0.610. The SMILES string of the molecule is O=C(O)c1ccccc1.SS. The number of hydrogen-bond donors (Lipinski definition) is 3. The maximum absolute atomic E-state index is 10.2. The van der Waals surface area contributed by atoms with Crippen LogP contribution in [0.3, 0.4) is 0 Å². The van der Waals surface area contributed by atoms with Crippen LogP contribution in [-0.2, 0) is 0 Å². The van der Waals surface area contributed by atoms with E-state index < -0.39 is 5.97 Å². The molecule has 2 nitrogen and oxygen atoms in total. The van der Waals surface area contributed by atoms with Gasteiger partial charge in [0.2, 0.25) is 0 Å². The Morgan fingerprint density at radius 1 is 1.18 bits per heavy atom. The molecule has 0 aliphatic rings. The fraction of sp³-hybridized carbons (Fsp3) is 0. The number of benzene rings is 1. The van der Waals surface area contributed by atoms with Crippen LogP contribution in [0, 0.1) is 0 Å². The third kappa shape index (κ3) is 3.95. The normalized spacial score (nSPS) is 7.82. The van der Waals surface area contributed by atoms with Gasteiger partial charge in [-0.15, -0.1) is 23.3 Å². The van der Waals surface area contributed by atoms with E-state index in [4.69, 9.17) is 5.11 Å². The van der Waals surface area contributed by atoms with Gasteiger partial charge < -0.3 is 5.11 Å². The Labute approximate surface area is 75.5 Å². The van der Waals surface area contributed by atoms with Crippen LogP contribution < -0.4 is 0 Å². The van der Waals surface area contributed by atoms with Crippen LogP contribution in [0.1, 0.15) is 10.4 Å². The molecule has 1 aromatic rings. The van der Waals surface area contributed by atoms with Crippen molar-refractivity contribution in [1.29, 1.82) is 0 Å². The van der Waals surface area contributed by atoms with Crippen LogP contribution in [0.5, 0.6) is 0 Å². The number of rotatable bonds is 1. The Morgan fingerprint density at radius 3 is 1.91 bits per heavy atom. The first-order valence-corrected chi connectivity index (χ1v) is 4.39. The largest absolute Gasteiger partial charge is 0.478 e. The van der Waals surface area contributed by atoms with E-state index in [-0.39, 0.29) is 0 Å². The zero-order valence-corrected chi connectivity index (χ0v) is 7.43. The van der Waals surface area contributed by atoms with Gasteiger partial charge in [0.1, 0.15) is 0 Å². The summed E-state index contributed by atoms with van der Waals surface area (Å²) >= 11 is 6.44. The molecular formula is C7H8O2S2. The Bertz CT molecular complexity index is 211. The lowest BCUT2D eigenvalue weighted by Crippen LogP contribution is -1.93. The van der Waals surface area contributed by atoms with Gasteiger partial charge in [-0.05, 0) is 12.1 Å². The minimum atomic E-state index is -0.879. The molecule has 1 N–H and O–H groups in total. The average Bonchev–Trinajstić information content (AvgIpc) is 2.10. The molecule has 0 aromatic heterocycles. The van der Waals surface area contributed by atoms with Crippen molar-refractivity contribution < 1.29 is 9.90 Å². The Morgan fingerprint density at radius 2 is 1.64 bits per heavy atom. The molecule has 0 atom stereocenters. The van der Waals surface area contributed by atoms with Crippen LogP contribution in [0.15, 0.2) is 30.3 Å². The van der Waals surface area contributed by atoms with E-state index in [2.05, 4.69) is 23.3 Å². The first-order valence-electron chi connectivity index (χ1n) is 2.79. The molecule has 0 aliphatic carbocycles. The van der Waals surface area contributed by atoms with Crippen molar-refractivity contribution in [2.24, 2.45) is 0 Å². The van der Waals surface area contributed by atoms with E-state index in [1.54, 1.807) is 30.3 Å². The summed E-state index contributed by atoms with van der Waals surface area (Å²) in [6.07, 6.45) is 0. The molecule has 0 heterocycles. The predicted molar refractivity (Wildman–Crippen MR) is 51.4 cm³/mol. The smallest absolute Gasteiger partial charge is 0.335 e. The second kappa shape index (κ2) is 6.12. The fourth-order valence-electron chi connectivity index (χ4n) is 0.581. The number of thiol groups is 2. The van der Waals surface area contributed by atoms with Gasteiger partial charge >= 0.3 is 5.97 Å². The van der Waals surface area contributed by atoms with Gasteiger partial charge in [0.15, 0.2) is 0 Å². The summed E-state index contributed by atoms with van der Waals surface area (Å²) in [4.78, 5) is 10.2. The summed E-state index contributed by atoms with van der Waals surface area (Å²) in [6.45, 7) is 0. The zero-order chi connectivity index (χ0) is 8.69. The van der Waals surface area contributed by atoms with E-state index >= 15 is 0 Å². The number of carboxylic acid groups (broad SMARTS) is 1. The fourth-order valence-corrected chi connectivity index (χ4v) is 0.581. The van der Waals surface area contributed by atoms with Crippen molar-refractivity contribution in [1.82, 2.24) is 0 Å². The highest BCUT2D eigenvalue weighted by Gasteiger charge is 1.96. The highest BCUT2D eigenvalue weighted by Crippen LogP contribution is 1.96. The van der Waals surface area contributed by atoms with Gasteiger partial charge in [-0.3, -0.25) is 0 Å². The molecule has 0 fully saturated rings. The Balaban J connectivity index is 0.000000461. The van der Waals surface area contributed by atoms with Gasteiger partial charge in [-0.2, -0.15) is 0 Å². The van der Waals surface area contributed by atoms with Crippen LogP contribution in [0.25, 0.3) is 0 Å². The number of aromatic carboxylic acids is 1. The van der Waals surface area contributed by atoms with E-state index in [0.717, 1.165) is 0 Å². The molecular weight excluding hydrogens is 180 g/mol. The van der Waals surface area contributed by atoms with Crippen molar-refractivity contribution in [3.05, 3.63) is 35.9 Å². The summed E-state index contributed by atoms with van der Waals surface area (Å²) in [5.74, 6) is -0.879. The van der Waals surface area contributed by atoms with Crippen LogP contribution in [-0.4, -0.2) is 11.1 Å². The molecule has 0 saturated heterocycles. The van der Waals surface area contributed by atoms with E-state index in [1.807, 2.05) is 0 Å². The van der Waals surface area contributed by atoms with Gasteiger partial charge in [0.25, 0.3) is 0 Å². The minimum absolute atomic E-state index is 0.331. The highest BCUT2D eigenvalue weighted by molar-refractivity contribution is 8.59. The standard InChI is InChI=1S/C7H6O2.H2S2/c8-7(9)6-4-2-1-3-5-6;1-2/h1-5H,(H,8,9);1-2H. The third-order valence-electron chi connectivity index (χ3n) is 1.02. The van der Waals surface area contributed by atoms with E-state index in [9.17, 15) is 4.79 Å². The van der Waals surface area contributed by atoms with Crippen molar-refractivity contribution in [2.75, 3.05) is 0 Å². The average molecular weight is 188 g/mol. The molecule has 0 spiro atoms. The molecule has 11 heavy (non-hydrogen) atoms. The first-order chi connectivity index (χ1) is 5.30. The molecule has 0 saturated carbocycles. The number of hydrogen-bond acceptors (Lipinski definition) is 3. The van der Waals surface area contributed by atoms with E-state index in [1.165, 1.54) is 0 Å². The molecule has 1 rings (SSSR count). The molecule has 0 aliphatic heterocycles. The lowest BCUT2D eigenvalue weighted by atomic mass is 10.2. The van der Waals surface area contributed by atoms with Crippen molar-refractivity contribution in [3.8, 4) is 0 Å². The topological polar surface area (TPSA) is 37.3 Å². The molecule has 0 amide bonds. The van der Waals surface area contributed by atoms with Crippen LogP contribution >= 0.6 is 23.3 Å². The highest BCUT2D eigenvalue weighted by atomic mass is 33.1. The van der Waals surface area contributed by atoms with Gasteiger partial charge in [-0.1, -0.05) is 18.2 Å². The van der Waals surface area contributed by atoms with Gasteiger partial charge in [-0.25, -0.2) is 4.79 Å². The lowest BCUT2D eigenvalue weighted by Gasteiger charge is -1.88. The predicted octanol–water partition coefficient (Wildman–Crippen LogP) is 2.15. The molecule has 0 unspecified atom stereocenters. The summed E-state index contributed by atoms with van der Waals surface area (Å²) in [7, 11) is 0. The second-order valence-corrected chi connectivity index (χ2v) is 1.67. The maximum Gasteiger partial charge on any atom is 0.335 e. The molecule has 0 radical (unpaired) electrons. The number of carbonyl (C=O) groups is 1. The molecule has 0 bridgehead atoms. The summed E-state index contributed by atoms with van der Waals surface area (Å²) in [5.41, 5.74) is 0.331. The lowest BCUT2D eigenvalue weighted by molar-refractivity contribution is 0.0697. The van der Waals surface area contributed by atoms with Crippen molar-refractivity contribution >= 4 is 29.3 Å². The van der Waals surface area contributed by atoms with Gasteiger partial charge in [0, 0.05) is 0 Å². The first kappa shape index (κ1) is 10.4. The maximum atomic E-state index is 10.2. The summed E-state index contributed by atoms with van der Waals surface area (Å²) in [6, 6.07) is 8.30. The number of carboxylic acids is 1. The molecule has 4 heteroatoms. The van der Waals surface area contributed by atoms with E-state index in [0.29, 0.717) is 5.56 Å².